The number of phenols is 1. The van der Waals surface area contributed by atoms with Gasteiger partial charge in [-0.1, -0.05) is 23.7 Å². The summed E-state index contributed by atoms with van der Waals surface area (Å²) in [5.74, 6) is 0.454. The van der Waals surface area contributed by atoms with Crippen LogP contribution in [0.2, 0.25) is 5.02 Å². The number of carbonyl (C=O) groups is 1. The highest BCUT2D eigenvalue weighted by atomic mass is 35.5. The Balaban J connectivity index is 0.00000196. The first-order valence-electron chi connectivity index (χ1n) is 8.29. The minimum absolute atomic E-state index is 0. The van der Waals surface area contributed by atoms with E-state index in [9.17, 15) is 9.90 Å². The molecule has 0 bridgehead atoms. The Labute approximate surface area is 163 Å². The molecule has 2 aromatic carbocycles. The second kappa shape index (κ2) is 6.99. The number of fused-ring (bicyclic) bond motifs is 1. The molecule has 1 aliphatic carbocycles. The van der Waals surface area contributed by atoms with E-state index in [4.69, 9.17) is 22.1 Å². The highest BCUT2D eigenvalue weighted by Crippen LogP contribution is 2.40. The van der Waals surface area contributed by atoms with Crippen LogP contribution in [0.25, 0.3) is 11.1 Å². The van der Waals surface area contributed by atoms with Crippen LogP contribution in [0.4, 0.5) is 0 Å². The summed E-state index contributed by atoms with van der Waals surface area (Å²) in [5, 5.41) is 11.0. The number of hydrogen-bond donors (Lipinski definition) is 2. The number of nitrogens with two attached hydrogens (primary N) is 1. The highest BCUT2D eigenvalue weighted by molar-refractivity contribution is 6.30. The van der Waals surface area contributed by atoms with Gasteiger partial charge in [-0.15, -0.1) is 12.4 Å². The van der Waals surface area contributed by atoms with Gasteiger partial charge in [0.05, 0.1) is 12.1 Å². The summed E-state index contributed by atoms with van der Waals surface area (Å²) in [7, 11) is 0. The molecule has 7 heteroatoms. The minimum atomic E-state index is -0.711. The topological polar surface area (TPSA) is 75.8 Å². The molecular formula is C19H20Cl2N2O3. The number of amides is 1. The monoisotopic (exact) mass is 394 g/mol. The molecule has 0 saturated heterocycles. The first-order valence-corrected chi connectivity index (χ1v) is 8.67. The van der Waals surface area contributed by atoms with E-state index >= 15 is 0 Å². The van der Waals surface area contributed by atoms with Gasteiger partial charge in [0.2, 0.25) is 5.91 Å². The van der Waals surface area contributed by atoms with Crippen LogP contribution in [0.5, 0.6) is 11.5 Å². The SMILES string of the molecule is Cl.NC1(C(=O)N2CCOc3c(O)cc(-c4cccc(Cl)c4)cc3C2)CC1. The zero-order valence-corrected chi connectivity index (χ0v) is 15.6. The lowest BCUT2D eigenvalue weighted by molar-refractivity contribution is -0.134. The van der Waals surface area contributed by atoms with Gasteiger partial charge in [-0.2, -0.15) is 0 Å². The van der Waals surface area contributed by atoms with Crippen LogP contribution in [-0.4, -0.2) is 34.6 Å². The van der Waals surface area contributed by atoms with E-state index in [1.165, 1.54) is 0 Å². The third-order valence-corrected chi connectivity index (χ3v) is 5.01. The van der Waals surface area contributed by atoms with E-state index in [1.54, 1.807) is 17.0 Å². The summed E-state index contributed by atoms with van der Waals surface area (Å²) in [4.78, 5) is 14.3. The van der Waals surface area contributed by atoms with Crippen LogP contribution < -0.4 is 10.5 Å². The van der Waals surface area contributed by atoms with Gasteiger partial charge in [-0.3, -0.25) is 4.79 Å². The normalized spacial score (nSPS) is 17.4. The van der Waals surface area contributed by atoms with E-state index in [-0.39, 0.29) is 24.1 Å². The van der Waals surface area contributed by atoms with Gasteiger partial charge < -0.3 is 20.5 Å². The lowest BCUT2D eigenvalue weighted by Gasteiger charge is -2.23. The van der Waals surface area contributed by atoms with E-state index in [0.717, 1.165) is 29.5 Å². The Morgan fingerprint density at radius 1 is 1.23 bits per heavy atom. The van der Waals surface area contributed by atoms with Crippen LogP contribution >= 0.6 is 24.0 Å². The molecule has 0 aromatic heterocycles. The molecule has 1 aliphatic heterocycles. The van der Waals surface area contributed by atoms with Gasteiger partial charge >= 0.3 is 0 Å². The first kappa shape index (κ1) is 18.8. The van der Waals surface area contributed by atoms with Gasteiger partial charge in [-0.05, 0) is 48.2 Å². The number of aromatic hydroxyl groups is 1. The number of hydrogen-bond acceptors (Lipinski definition) is 4. The summed E-state index contributed by atoms with van der Waals surface area (Å²) < 4.78 is 5.70. The van der Waals surface area contributed by atoms with Crippen molar-refractivity contribution >= 4 is 29.9 Å². The highest BCUT2D eigenvalue weighted by Gasteiger charge is 2.48. The van der Waals surface area contributed by atoms with Crippen molar-refractivity contribution in [2.45, 2.75) is 24.9 Å². The average Bonchev–Trinajstić information content (AvgIpc) is 3.37. The zero-order chi connectivity index (χ0) is 17.6. The number of halogens is 2. The fraction of sp³-hybridized carbons (Fsp3) is 0.316. The number of rotatable bonds is 2. The molecule has 1 saturated carbocycles. The van der Waals surface area contributed by atoms with Crippen molar-refractivity contribution in [1.29, 1.82) is 0 Å². The maximum atomic E-state index is 12.6. The van der Waals surface area contributed by atoms with Crippen molar-refractivity contribution in [2.75, 3.05) is 13.2 Å². The summed E-state index contributed by atoms with van der Waals surface area (Å²) in [6, 6.07) is 11.0. The third-order valence-electron chi connectivity index (χ3n) is 4.77. The second-order valence-corrected chi connectivity index (χ2v) is 7.16. The summed E-state index contributed by atoms with van der Waals surface area (Å²) in [6.45, 7) is 1.16. The predicted molar refractivity (Wildman–Crippen MR) is 103 cm³/mol. The molecule has 3 N–H and O–H groups in total. The summed E-state index contributed by atoms with van der Waals surface area (Å²) in [5.41, 5.74) is 7.84. The molecule has 1 heterocycles. The Bertz CT molecular complexity index is 853. The van der Waals surface area contributed by atoms with Crippen molar-refractivity contribution in [2.24, 2.45) is 5.73 Å². The Kier molecular flexibility index (Phi) is 5.06. The standard InChI is InChI=1S/C19H19ClN2O3.ClH/c20-15-3-1-2-12(9-15)13-8-14-11-22(18(24)19(21)4-5-19)6-7-25-17(14)16(23)10-13;/h1-3,8-10,23H,4-7,11,21H2;1H. The molecule has 1 amide bonds. The molecule has 0 unspecified atom stereocenters. The molecular weight excluding hydrogens is 375 g/mol. The first-order chi connectivity index (χ1) is 12.0. The average molecular weight is 395 g/mol. The lowest BCUT2D eigenvalue weighted by Crippen LogP contribution is -2.46. The van der Waals surface area contributed by atoms with Crippen molar-refractivity contribution < 1.29 is 14.6 Å². The van der Waals surface area contributed by atoms with Crippen LogP contribution in [0.15, 0.2) is 36.4 Å². The largest absolute Gasteiger partial charge is 0.504 e. The third kappa shape index (κ3) is 3.47. The van der Waals surface area contributed by atoms with Gasteiger partial charge in [0.1, 0.15) is 6.61 Å². The molecule has 2 aliphatic rings. The number of benzene rings is 2. The molecule has 2 aromatic rings. The quantitative estimate of drug-likeness (QED) is 0.818. The summed E-state index contributed by atoms with van der Waals surface area (Å²) >= 11 is 6.07. The van der Waals surface area contributed by atoms with Crippen LogP contribution in [0.1, 0.15) is 18.4 Å². The molecule has 0 radical (unpaired) electrons. The molecule has 26 heavy (non-hydrogen) atoms. The minimum Gasteiger partial charge on any atom is -0.504 e. The fourth-order valence-corrected chi connectivity index (χ4v) is 3.36. The Hall–Kier alpha value is -1.95. The Morgan fingerprint density at radius 2 is 2.00 bits per heavy atom. The van der Waals surface area contributed by atoms with Crippen LogP contribution in [0.3, 0.4) is 0 Å². The van der Waals surface area contributed by atoms with Gasteiger partial charge in [-0.25, -0.2) is 0 Å². The predicted octanol–water partition coefficient (Wildman–Crippen LogP) is 3.35. The zero-order valence-electron chi connectivity index (χ0n) is 14.1. The molecule has 5 nitrogen and oxygen atoms in total. The molecule has 1 fully saturated rings. The van der Waals surface area contributed by atoms with E-state index in [1.807, 2.05) is 24.3 Å². The fourth-order valence-electron chi connectivity index (χ4n) is 3.17. The van der Waals surface area contributed by atoms with Crippen molar-refractivity contribution in [3.63, 3.8) is 0 Å². The second-order valence-electron chi connectivity index (χ2n) is 6.73. The number of nitrogens with zero attached hydrogens (tertiary/aromatic N) is 1. The number of ether oxygens (including phenoxy) is 1. The van der Waals surface area contributed by atoms with Crippen LogP contribution in [-0.2, 0) is 11.3 Å². The van der Waals surface area contributed by atoms with E-state index < -0.39 is 5.54 Å². The van der Waals surface area contributed by atoms with Crippen molar-refractivity contribution in [3.8, 4) is 22.6 Å². The summed E-state index contributed by atoms with van der Waals surface area (Å²) in [6.07, 6.45) is 1.45. The molecule has 0 atom stereocenters. The molecule has 138 valence electrons. The number of phenolic OH excluding ortho intramolecular Hbond substituents is 1. The van der Waals surface area contributed by atoms with Crippen molar-refractivity contribution in [1.82, 2.24) is 4.90 Å². The van der Waals surface area contributed by atoms with E-state index in [0.29, 0.717) is 30.5 Å². The lowest BCUT2D eigenvalue weighted by atomic mass is 10.0. The van der Waals surface area contributed by atoms with E-state index in [2.05, 4.69) is 0 Å². The molecule has 0 spiro atoms. The van der Waals surface area contributed by atoms with Gasteiger partial charge in [0.15, 0.2) is 11.5 Å². The maximum absolute atomic E-state index is 12.6. The van der Waals surface area contributed by atoms with Crippen LogP contribution in [0, 0.1) is 0 Å². The van der Waals surface area contributed by atoms with Crippen molar-refractivity contribution in [3.05, 3.63) is 47.0 Å². The van der Waals surface area contributed by atoms with Gasteiger partial charge in [0.25, 0.3) is 0 Å². The maximum Gasteiger partial charge on any atom is 0.243 e. The van der Waals surface area contributed by atoms with Gasteiger partial charge in [0, 0.05) is 17.1 Å². The molecule has 4 rings (SSSR count). The Morgan fingerprint density at radius 3 is 2.69 bits per heavy atom. The number of carbonyl (C=O) groups excluding carboxylic acids is 1. The smallest absolute Gasteiger partial charge is 0.243 e.